The molecular formula is C20H20N2O2S. The third-order valence-corrected chi connectivity index (χ3v) is 4.87. The quantitative estimate of drug-likeness (QED) is 0.644. The normalized spacial score (nSPS) is 10.7. The molecule has 0 radical (unpaired) electrons. The first-order valence-electron chi connectivity index (χ1n) is 7.94. The zero-order valence-electron chi connectivity index (χ0n) is 14.5. The van der Waals surface area contributed by atoms with Crippen molar-refractivity contribution in [1.82, 2.24) is 9.88 Å². The van der Waals surface area contributed by atoms with Gasteiger partial charge in [-0.2, -0.15) is 0 Å². The number of benzene rings is 2. The van der Waals surface area contributed by atoms with E-state index in [2.05, 4.69) is 4.98 Å². The van der Waals surface area contributed by atoms with Crippen LogP contribution in [0.5, 0.6) is 5.75 Å². The fourth-order valence-corrected chi connectivity index (χ4v) is 3.34. The van der Waals surface area contributed by atoms with Crippen molar-refractivity contribution in [2.75, 3.05) is 20.4 Å². The van der Waals surface area contributed by atoms with E-state index in [4.69, 9.17) is 4.74 Å². The highest BCUT2D eigenvalue weighted by Gasteiger charge is 2.17. The lowest BCUT2D eigenvalue weighted by molar-refractivity contribution is 0.0781. The van der Waals surface area contributed by atoms with Gasteiger partial charge in [0, 0.05) is 30.1 Å². The third kappa shape index (κ3) is 3.61. The molecule has 0 unspecified atom stereocenters. The molecule has 0 bridgehead atoms. The van der Waals surface area contributed by atoms with Gasteiger partial charge < -0.3 is 9.64 Å². The second kappa shape index (κ2) is 7.57. The zero-order valence-corrected chi connectivity index (χ0v) is 15.3. The summed E-state index contributed by atoms with van der Waals surface area (Å²) in [5.41, 5.74) is 1.50. The number of amides is 1. The van der Waals surface area contributed by atoms with Crippen molar-refractivity contribution in [1.29, 1.82) is 0 Å². The maximum absolute atomic E-state index is 12.9. The van der Waals surface area contributed by atoms with Crippen molar-refractivity contribution < 1.29 is 9.53 Å². The summed E-state index contributed by atoms with van der Waals surface area (Å²) in [4.78, 5) is 19.9. The Hall–Kier alpha value is -2.53. The summed E-state index contributed by atoms with van der Waals surface area (Å²) in [6.45, 7) is 0.495. The Morgan fingerprint density at radius 3 is 2.76 bits per heavy atom. The highest BCUT2D eigenvalue weighted by molar-refractivity contribution is 7.98. The molecular weight excluding hydrogens is 332 g/mol. The van der Waals surface area contributed by atoms with Gasteiger partial charge in [-0.15, -0.1) is 11.8 Å². The number of hydrogen-bond donors (Lipinski definition) is 0. The summed E-state index contributed by atoms with van der Waals surface area (Å²) in [7, 11) is 3.45. The number of methoxy groups -OCH3 is 1. The number of ether oxygens (including phenoxy) is 1. The van der Waals surface area contributed by atoms with Crippen molar-refractivity contribution in [2.45, 2.75) is 11.4 Å². The minimum Gasteiger partial charge on any atom is -0.496 e. The number of aromatic nitrogens is 1. The van der Waals surface area contributed by atoms with Gasteiger partial charge in [0.1, 0.15) is 11.4 Å². The summed E-state index contributed by atoms with van der Waals surface area (Å²) >= 11 is 1.64. The van der Waals surface area contributed by atoms with Gasteiger partial charge in [-0.1, -0.05) is 30.3 Å². The third-order valence-electron chi connectivity index (χ3n) is 4.09. The molecule has 4 nitrogen and oxygen atoms in total. The number of nitrogens with zero attached hydrogens (tertiary/aromatic N) is 2. The number of hydrogen-bond acceptors (Lipinski definition) is 4. The van der Waals surface area contributed by atoms with Crippen LogP contribution in [0.4, 0.5) is 0 Å². The van der Waals surface area contributed by atoms with Crippen LogP contribution in [0.2, 0.25) is 0 Å². The number of fused-ring (bicyclic) bond motifs is 1. The molecule has 128 valence electrons. The minimum absolute atomic E-state index is 0.0929. The maximum Gasteiger partial charge on any atom is 0.273 e. The van der Waals surface area contributed by atoms with Crippen LogP contribution in [0.15, 0.2) is 59.6 Å². The molecule has 0 spiro atoms. The van der Waals surface area contributed by atoms with E-state index in [0.717, 1.165) is 27.0 Å². The lowest BCUT2D eigenvalue weighted by Gasteiger charge is -2.18. The average molecular weight is 352 g/mol. The number of rotatable bonds is 5. The van der Waals surface area contributed by atoms with Gasteiger partial charge in [0.25, 0.3) is 5.91 Å². The first kappa shape index (κ1) is 17.3. The van der Waals surface area contributed by atoms with Crippen LogP contribution >= 0.6 is 11.8 Å². The molecule has 0 atom stereocenters. The van der Waals surface area contributed by atoms with Crippen LogP contribution in [-0.4, -0.2) is 36.2 Å². The molecule has 5 heteroatoms. The van der Waals surface area contributed by atoms with Crippen molar-refractivity contribution in [2.24, 2.45) is 0 Å². The molecule has 1 amide bonds. The number of carbonyl (C=O) groups excluding carboxylic acids is 1. The fourth-order valence-electron chi connectivity index (χ4n) is 2.80. The van der Waals surface area contributed by atoms with E-state index < -0.39 is 0 Å². The fraction of sp³-hybridized carbons (Fsp3) is 0.200. The molecule has 2 aromatic carbocycles. The van der Waals surface area contributed by atoms with E-state index in [1.54, 1.807) is 37.0 Å². The summed E-state index contributed by atoms with van der Waals surface area (Å²) in [6, 6.07) is 15.7. The average Bonchev–Trinajstić information content (AvgIpc) is 2.66. The van der Waals surface area contributed by atoms with Gasteiger partial charge in [-0.25, -0.2) is 0 Å². The molecule has 1 heterocycles. The first-order chi connectivity index (χ1) is 12.1. The Bertz CT molecular complexity index is 906. The standard InChI is InChI=1S/C20H20N2O2S/c1-22(13-14-8-9-18(25-3)17(12-14)24-2)20(23)19-16-7-5-4-6-15(16)10-11-21-19/h4-12H,13H2,1-3H3. The molecule has 0 saturated heterocycles. The van der Waals surface area contributed by atoms with E-state index in [0.29, 0.717) is 12.2 Å². The predicted molar refractivity (Wildman–Crippen MR) is 102 cm³/mol. The van der Waals surface area contributed by atoms with Crippen molar-refractivity contribution in [3.8, 4) is 5.75 Å². The Balaban J connectivity index is 1.85. The van der Waals surface area contributed by atoms with Gasteiger partial charge >= 0.3 is 0 Å². The second-order valence-corrected chi connectivity index (χ2v) is 6.58. The molecule has 3 aromatic rings. The number of pyridine rings is 1. The maximum atomic E-state index is 12.9. The summed E-state index contributed by atoms with van der Waals surface area (Å²) in [6.07, 6.45) is 3.69. The lowest BCUT2D eigenvalue weighted by atomic mass is 10.1. The molecule has 1 aromatic heterocycles. The van der Waals surface area contributed by atoms with Crippen LogP contribution in [0.1, 0.15) is 16.1 Å². The molecule has 0 aliphatic carbocycles. The Morgan fingerprint density at radius 1 is 1.20 bits per heavy atom. The van der Waals surface area contributed by atoms with E-state index in [-0.39, 0.29) is 5.91 Å². The van der Waals surface area contributed by atoms with Crippen LogP contribution in [-0.2, 0) is 6.54 Å². The van der Waals surface area contributed by atoms with Crippen molar-refractivity contribution in [3.05, 3.63) is 66.0 Å². The predicted octanol–water partition coefficient (Wildman–Crippen LogP) is 4.24. The first-order valence-corrected chi connectivity index (χ1v) is 9.16. The molecule has 25 heavy (non-hydrogen) atoms. The van der Waals surface area contributed by atoms with E-state index in [9.17, 15) is 4.79 Å². The van der Waals surface area contributed by atoms with Crippen LogP contribution in [0.25, 0.3) is 10.8 Å². The SMILES string of the molecule is COc1cc(CN(C)C(=O)c2nccc3ccccc23)ccc1SC. The van der Waals surface area contributed by atoms with E-state index in [1.807, 2.05) is 54.8 Å². The Morgan fingerprint density at radius 2 is 2.00 bits per heavy atom. The van der Waals surface area contributed by atoms with Crippen LogP contribution in [0.3, 0.4) is 0 Å². The highest BCUT2D eigenvalue weighted by Crippen LogP contribution is 2.29. The van der Waals surface area contributed by atoms with E-state index >= 15 is 0 Å². The summed E-state index contributed by atoms with van der Waals surface area (Å²) in [5.74, 6) is 0.735. The Labute approximate surface area is 151 Å². The molecule has 0 saturated carbocycles. The Kier molecular flexibility index (Phi) is 5.24. The van der Waals surface area contributed by atoms with Crippen LogP contribution in [0, 0.1) is 0 Å². The van der Waals surface area contributed by atoms with Gasteiger partial charge in [0.05, 0.1) is 7.11 Å². The molecule has 0 aliphatic rings. The zero-order chi connectivity index (χ0) is 17.8. The summed E-state index contributed by atoms with van der Waals surface area (Å²) < 4.78 is 5.42. The molecule has 0 fully saturated rings. The largest absolute Gasteiger partial charge is 0.496 e. The van der Waals surface area contributed by atoms with E-state index in [1.165, 1.54) is 0 Å². The van der Waals surface area contributed by atoms with Crippen molar-refractivity contribution >= 4 is 28.4 Å². The topological polar surface area (TPSA) is 42.4 Å². The van der Waals surface area contributed by atoms with Crippen LogP contribution < -0.4 is 4.74 Å². The number of thioether (sulfide) groups is 1. The number of carbonyl (C=O) groups is 1. The molecule has 0 N–H and O–H groups in total. The van der Waals surface area contributed by atoms with Gasteiger partial charge in [-0.05, 0) is 35.4 Å². The minimum atomic E-state index is -0.0929. The van der Waals surface area contributed by atoms with Crippen molar-refractivity contribution in [3.63, 3.8) is 0 Å². The van der Waals surface area contributed by atoms with Gasteiger partial charge in [-0.3, -0.25) is 9.78 Å². The lowest BCUT2D eigenvalue weighted by Crippen LogP contribution is -2.27. The highest BCUT2D eigenvalue weighted by atomic mass is 32.2. The smallest absolute Gasteiger partial charge is 0.273 e. The molecule has 3 rings (SSSR count). The molecule has 0 aliphatic heterocycles. The van der Waals surface area contributed by atoms with Gasteiger partial charge in [0.2, 0.25) is 0 Å². The van der Waals surface area contributed by atoms with Gasteiger partial charge in [0.15, 0.2) is 0 Å². The monoisotopic (exact) mass is 352 g/mol. The second-order valence-electron chi connectivity index (χ2n) is 5.73. The summed E-state index contributed by atoms with van der Waals surface area (Å²) in [5, 5.41) is 1.89.